The van der Waals surface area contributed by atoms with Gasteiger partial charge in [-0.2, -0.15) is 11.8 Å². The van der Waals surface area contributed by atoms with Crippen molar-refractivity contribution in [3.63, 3.8) is 0 Å². The lowest BCUT2D eigenvalue weighted by molar-refractivity contribution is -0.150. The molecule has 24 nitrogen and oxygen atoms in total. The van der Waals surface area contributed by atoms with Crippen molar-refractivity contribution in [1.29, 1.82) is 0 Å². The van der Waals surface area contributed by atoms with Gasteiger partial charge in [0.1, 0.15) is 36.3 Å². The van der Waals surface area contributed by atoms with Gasteiger partial charge in [-0.1, -0.05) is 30.3 Å². The van der Waals surface area contributed by atoms with Crippen molar-refractivity contribution in [3.8, 4) is 0 Å². The molecule has 0 aliphatic carbocycles. The number of likely N-dealkylation sites (tertiary alicyclic amines) is 1. The minimum atomic E-state index is -1.70. The first-order chi connectivity index (χ1) is 29.7. The third-order valence-corrected chi connectivity index (χ3v) is 10.1. The molecule has 63 heavy (non-hydrogen) atoms. The Kier molecular flexibility index (Phi) is 22.4. The van der Waals surface area contributed by atoms with Gasteiger partial charge in [0.15, 0.2) is 5.96 Å². The minimum Gasteiger partial charge on any atom is -0.481 e. The molecule has 7 atom stereocenters. The molecular weight excluding hydrogens is 851 g/mol. The maximum absolute atomic E-state index is 13.9. The third-order valence-electron chi connectivity index (χ3n) is 9.42. The van der Waals surface area contributed by atoms with E-state index >= 15 is 0 Å². The predicted molar refractivity (Wildman–Crippen MR) is 226 cm³/mol. The second kappa shape index (κ2) is 26.8. The number of carboxylic acids is 3. The Morgan fingerprint density at radius 1 is 0.762 bits per heavy atom. The maximum atomic E-state index is 13.9. The average Bonchev–Trinajstić information content (AvgIpc) is 3.72. The molecule has 1 fully saturated rings. The summed E-state index contributed by atoms with van der Waals surface area (Å²) >= 11 is 1.32. The minimum absolute atomic E-state index is 0.0162. The molecule has 1 aromatic carbocycles. The molecule has 0 spiro atoms. The van der Waals surface area contributed by atoms with Gasteiger partial charge in [0.25, 0.3) is 0 Å². The summed E-state index contributed by atoms with van der Waals surface area (Å²) in [4.78, 5) is 133. The summed E-state index contributed by atoms with van der Waals surface area (Å²) in [5.74, 6) is -10.5. The van der Waals surface area contributed by atoms with E-state index in [1.54, 1.807) is 36.6 Å². The second-order valence-electron chi connectivity index (χ2n) is 14.5. The summed E-state index contributed by atoms with van der Waals surface area (Å²) in [7, 11) is 0. The number of nitrogens with one attached hydrogen (secondary N) is 6. The highest BCUT2D eigenvalue weighted by atomic mass is 32.2. The molecule has 0 saturated carbocycles. The van der Waals surface area contributed by atoms with Gasteiger partial charge in [-0.05, 0) is 56.6 Å². The number of rotatable bonds is 27. The number of guanidine groups is 1. The quantitative estimate of drug-likeness (QED) is 0.0227. The molecule has 1 aliphatic heterocycles. The van der Waals surface area contributed by atoms with Crippen LogP contribution in [0.1, 0.15) is 57.4 Å². The highest BCUT2D eigenvalue weighted by molar-refractivity contribution is 7.98. The summed E-state index contributed by atoms with van der Waals surface area (Å²) < 4.78 is 0. The van der Waals surface area contributed by atoms with E-state index < -0.39 is 121 Å². The van der Waals surface area contributed by atoms with Gasteiger partial charge in [0, 0.05) is 19.5 Å². The average molecular weight is 908 g/mol. The molecule has 2 rings (SSSR count). The summed E-state index contributed by atoms with van der Waals surface area (Å²) in [6.45, 7) is 0.623. The van der Waals surface area contributed by atoms with Crippen molar-refractivity contribution >= 4 is 77.0 Å². The summed E-state index contributed by atoms with van der Waals surface area (Å²) in [6, 6.07) is -1.45. The monoisotopic (exact) mass is 907 g/mol. The zero-order valence-corrected chi connectivity index (χ0v) is 35.7. The molecule has 0 aromatic heterocycles. The van der Waals surface area contributed by atoms with Gasteiger partial charge in [-0.25, -0.2) is 4.79 Å². The van der Waals surface area contributed by atoms with Crippen LogP contribution in [-0.2, 0) is 54.4 Å². The lowest BCUT2D eigenvalue weighted by Crippen LogP contribution is -2.59. The van der Waals surface area contributed by atoms with Gasteiger partial charge in [0.2, 0.25) is 41.4 Å². The maximum Gasteiger partial charge on any atom is 0.326 e. The van der Waals surface area contributed by atoms with Crippen molar-refractivity contribution < 1.29 is 63.3 Å². The fourth-order valence-electron chi connectivity index (χ4n) is 6.24. The van der Waals surface area contributed by atoms with Gasteiger partial charge in [-0.3, -0.25) is 48.1 Å². The largest absolute Gasteiger partial charge is 0.481 e. The number of nitrogens with zero attached hydrogens (tertiary/aromatic N) is 2. The van der Waals surface area contributed by atoms with Crippen LogP contribution in [0.3, 0.4) is 0 Å². The molecule has 0 bridgehead atoms. The lowest BCUT2D eigenvalue weighted by atomic mass is 10.0. The molecule has 1 heterocycles. The van der Waals surface area contributed by atoms with E-state index in [9.17, 15) is 63.3 Å². The van der Waals surface area contributed by atoms with Crippen LogP contribution in [0.15, 0.2) is 35.3 Å². The number of benzene rings is 1. The molecule has 348 valence electrons. The summed E-state index contributed by atoms with van der Waals surface area (Å²) in [5, 5.41) is 42.9. The molecule has 25 heteroatoms. The van der Waals surface area contributed by atoms with E-state index in [0.717, 1.165) is 4.90 Å². The van der Waals surface area contributed by atoms with E-state index in [1.165, 1.54) is 18.7 Å². The number of thioether (sulfide) groups is 1. The number of hydrogen-bond acceptors (Lipinski definition) is 13. The van der Waals surface area contributed by atoms with E-state index in [-0.39, 0.29) is 51.2 Å². The van der Waals surface area contributed by atoms with Crippen molar-refractivity contribution in [2.75, 3.05) is 31.6 Å². The zero-order chi connectivity index (χ0) is 47.2. The number of amides is 7. The molecule has 1 aromatic rings. The van der Waals surface area contributed by atoms with Crippen LogP contribution in [0.2, 0.25) is 0 Å². The normalized spacial score (nSPS) is 16.0. The smallest absolute Gasteiger partial charge is 0.326 e. The van der Waals surface area contributed by atoms with Gasteiger partial charge >= 0.3 is 17.9 Å². The van der Waals surface area contributed by atoms with Crippen LogP contribution in [0.5, 0.6) is 0 Å². The molecule has 1 aliphatic rings. The Balaban J connectivity index is 2.32. The Morgan fingerprint density at radius 2 is 1.32 bits per heavy atom. The van der Waals surface area contributed by atoms with Crippen molar-refractivity contribution in [2.24, 2.45) is 22.2 Å². The van der Waals surface area contributed by atoms with Crippen LogP contribution in [-0.4, -0.2) is 159 Å². The van der Waals surface area contributed by atoms with Crippen LogP contribution in [0.4, 0.5) is 0 Å². The Morgan fingerprint density at radius 3 is 1.90 bits per heavy atom. The van der Waals surface area contributed by atoms with E-state index in [0.29, 0.717) is 17.7 Å². The number of hydrogen-bond donors (Lipinski definition) is 12. The third kappa shape index (κ3) is 19.0. The molecule has 0 unspecified atom stereocenters. The SMILES string of the molecule is CSCC[C@H](NC(=O)[C@H](CC(=O)O)NC(=O)[C@H](C)N)C(=O)NCC(=O)N[C@@H](CCCN=C(N)N)C(=O)N[C@@H](Cc1ccccc1)C(=O)N[C@@H](CC(=O)O)C(=O)N1CCC[C@H]1C(=O)O. The predicted octanol–water partition coefficient (Wildman–Crippen LogP) is -4.05. The van der Waals surface area contributed by atoms with Crippen LogP contribution < -0.4 is 49.1 Å². The lowest BCUT2D eigenvalue weighted by Gasteiger charge is -2.28. The Bertz CT molecular complexity index is 1830. The van der Waals surface area contributed by atoms with E-state index in [2.05, 4.69) is 36.9 Å². The highest BCUT2D eigenvalue weighted by Gasteiger charge is 2.39. The van der Waals surface area contributed by atoms with Crippen LogP contribution in [0, 0.1) is 0 Å². The van der Waals surface area contributed by atoms with Crippen LogP contribution in [0.25, 0.3) is 0 Å². The number of nitrogens with two attached hydrogens (primary N) is 3. The fraction of sp³-hybridized carbons (Fsp3) is 0.553. The number of aliphatic imine (C=N–C) groups is 1. The van der Waals surface area contributed by atoms with Crippen molar-refractivity contribution in [1.82, 2.24) is 36.8 Å². The number of carbonyl (C=O) groups excluding carboxylic acids is 7. The molecule has 15 N–H and O–H groups in total. The van der Waals surface area contributed by atoms with Gasteiger partial charge in [0.05, 0.1) is 25.4 Å². The first-order valence-electron chi connectivity index (χ1n) is 19.8. The fourth-order valence-corrected chi connectivity index (χ4v) is 6.71. The van der Waals surface area contributed by atoms with Crippen molar-refractivity contribution in [2.45, 2.75) is 101 Å². The first kappa shape index (κ1) is 52.6. The molecular formula is C38H57N11O13S. The van der Waals surface area contributed by atoms with Crippen molar-refractivity contribution in [3.05, 3.63) is 35.9 Å². The topological polar surface area (TPSA) is 397 Å². The summed E-state index contributed by atoms with van der Waals surface area (Å²) in [6.07, 6.45) is 0.325. The Hall–Kier alpha value is -6.50. The van der Waals surface area contributed by atoms with Gasteiger partial charge in [-0.15, -0.1) is 0 Å². The second-order valence-corrected chi connectivity index (χ2v) is 15.5. The molecule has 1 saturated heterocycles. The van der Waals surface area contributed by atoms with Crippen LogP contribution >= 0.6 is 11.8 Å². The standard InChI is InChI=1S/C38H57N11O13S/c1-20(39)31(55)46-25(17-29(51)52)35(59)45-23(12-15-63-2)32(56)43-19-28(50)44-22(10-6-13-42-38(40)41)33(57)47-24(16-21-8-4-3-5-9-21)34(58)48-26(18-30(53)54)36(60)49-14-7-11-27(49)37(61)62/h3-5,8-9,20,22-27H,6-7,10-19,39H2,1-2H3,(H,43,56)(H,44,50)(H,45,59)(H,46,55)(H,47,57)(H,48,58)(H,51,52)(H,53,54)(H,61,62)(H4,40,41,42)/t20-,22-,23-,24-,25-,26-,27-/m0/s1. The van der Waals surface area contributed by atoms with E-state index in [1.807, 2.05) is 0 Å². The van der Waals surface area contributed by atoms with E-state index in [4.69, 9.17) is 17.2 Å². The number of carboxylic acid groups (broad SMARTS) is 3. The summed E-state index contributed by atoms with van der Waals surface area (Å²) in [5.41, 5.74) is 16.9. The number of carbonyl (C=O) groups is 10. The number of aliphatic carboxylic acids is 3. The Labute approximate surface area is 366 Å². The highest BCUT2D eigenvalue weighted by Crippen LogP contribution is 2.19. The zero-order valence-electron chi connectivity index (χ0n) is 34.9. The first-order valence-corrected chi connectivity index (χ1v) is 21.2. The molecule has 0 radical (unpaired) electrons. The molecule has 7 amide bonds. The van der Waals surface area contributed by atoms with Gasteiger partial charge < -0.3 is 69.3 Å².